The summed E-state index contributed by atoms with van der Waals surface area (Å²) in [5.74, 6) is -0.616. The summed E-state index contributed by atoms with van der Waals surface area (Å²) < 4.78 is 0. The van der Waals surface area contributed by atoms with Crippen LogP contribution in [0.25, 0.3) is 22.3 Å². The lowest BCUT2D eigenvalue weighted by Gasteiger charge is -2.15. The molecule has 0 fully saturated rings. The Kier molecular flexibility index (Phi) is 3.33. The van der Waals surface area contributed by atoms with Gasteiger partial charge in [-0.3, -0.25) is 14.6 Å². The van der Waals surface area contributed by atoms with E-state index in [1.165, 1.54) is 4.90 Å². The largest absolute Gasteiger partial charge is 0.268 e. The van der Waals surface area contributed by atoms with Crippen LogP contribution in [0.4, 0.5) is 5.69 Å². The van der Waals surface area contributed by atoms with Gasteiger partial charge in [-0.2, -0.15) is 0 Å². The molecule has 0 unspecified atom stereocenters. The van der Waals surface area contributed by atoms with Crippen molar-refractivity contribution in [3.8, 4) is 11.3 Å². The minimum absolute atomic E-state index is 0.308. The molecule has 0 bridgehead atoms. The molecule has 0 saturated carbocycles. The quantitative estimate of drug-likeness (QED) is 0.510. The van der Waals surface area contributed by atoms with Crippen molar-refractivity contribution in [2.24, 2.45) is 0 Å². The molecule has 5 heteroatoms. The van der Waals surface area contributed by atoms with Crippen molar-refractivity contribution >= 4 is 28.5 Å². The van der Waals surface area contributed by atoms with E-state index in [2.05, 4.69) is 9.97 Å². The number of amides is 2. The molecule has 2 heterocycles. The number of rotatable bonds is 2. The Morgan fingerprint density at radius 2 is 1.37 bits per heavy atom. The lowest BCUT2D eigenvalue weighted by Crippen LogP contribution is -2.29. The summed E-state index contributed by atoms with van der Waals surface area (Å²) in [5, 5.41) is 0. The number of imide groups is 1. The van der Waals surface area contributed by atoms with Crippen LogP contribution in [0.15, 0.2) is 79.0 Å². The predicted octanol–water partition coefficient (Wildman–Crippen LogP) is 4.10. The molecule has 1 aliphatic heterocycles. The fourth-order valence-electron chi connectivity index (χ4n) is 3.32. The summed E-state index contributed by atoms with van der Waals surface area (Å²) in [6, 6.07) is 21.7. The molecule has 0 saturated heterocycles. The minimum Gasteiger partial charge on any atom is -0.268 e. The van der Waals surface area contributed by atoms with E-state index in [0.29, 0.717) is 22.5 Å². The molecule has 4 aromatic rings. The second kappa shape index (κ2) is 5.85. The van der Waals surface area contributed by atoms with Crippen molar-refractivity contribution in [2.75, 3.05) is 4.90 Å². The number of aromatic nitrogens is 2. The van der Waals surface area contributed by atoms with E-state index in [1.807, 2.05) is 36.4 Å². The molecule has 0 aliphatic carbocycles. The van der Waals surface area contributed by atoms with Gasteiger partial charge in [0.1, 0.15) is 0 Å². The summed E-state index contributed by atoms with van der Waals surface area (Å²) in [4.78, 5) is 35.7. The topological polar surface area (TPSA) is 63.2 Å². The molecular formula is C22H13N3O2. The van der Waals surface area contributed by atoms with E-state index >= 15 is 0 Å². The molecule has 0 N–H and O–H groups in total. The summed E-state index contributed by atoms with van der Waals surface area (Å²) in [7, 11) is 0. The van der Waals surface area contributed by atoms with Gasteiger partial charge in [-0.05, 0) is 36.4 Å². The second-order valence-electron chi connectivity index (χ2n) is 6.29. The summed E-state index contributed by atoms with van der Waals surface area (Å²) >= 11 is 0. The van der Waals surface area contributed by atoms with Gasteiger partial charge in [-0.15, -0.1) is 0 Å². The first kappa shape index (κ1) is 15.4. The number of hydrogen-bond acceptors (Lipinski definition) is 4. The second-order valence-corrected chi connectivity index (χ2v) is 6.29. The maximum absolute atomic E-state index is 12.7. The first-order valence-corrected chi connectivity index (χ1v) is 8.52. The highest BCUT2D eigenvalue weighted by atomic mass is 16.2. The Morgan fingerprint density at radius 3 is 2.11 bits per heavy atom. The first-order chi connectivity index (χ1) is 13.2. The van der Waals surface area contributed by atoms with Crippen LogP contribution in [0.2, 0.25) is 0 Å². The third-order valence-corrected chi connectivity index (χ3v) is 4.64. The molecule has 27 heavy (non-hydrogen) atoms. The van der Waals surface area contributed by atoms with Crippen molar-refractivity contribution in [3.63, 3.8) is 0 Å². The van der Waals surface area contributed by atoms with Crippen LogP contribution in [-0.4, -0.2) is 21.8 Å². The fraction of sp³-hybridized carbons (Fsp3) is 0. The molecule has 1 aliphatic rings. The van der Waals surface area contributed by atoms with Crippen LogP contribution in [0, 0.1) is 0 Å². The van der Waals surface area contributed by atoms with E-state index in [4.69, 9.17) is 0 Å². The van der Waals surface area contributed by atoms with E-state index in [-0.39, 0.29) is 11.8 Å². The lowest BCUT2D eigenvalue weighted by molar-refractivity contribution is 0.0926. The highest BCUT2D eigenvalue weighted by Crippen LogP contribution is 2.31. The predicted molar refractivity (Wildman–Crippen MR) is 103 cm³/mol. The zero-order chi connectivity index (χ0) is 18.4. The number of nitrogens with zero attached hydrogens (tertiary/aromatic N) is 3. The number of carbonyl (C=O) groups excluding carboxylic acids is 2. The maximum Gasteiger partial charge on any atom is 0.266 e. The van der Waals surface area contributed by atoms with Crippen molar-refractivity contribution in [2.45, 2.75) is 0 Å². The average molecular weight is 351 g/mol. The Hall–Kier alpha value is -3.86. The molecule has 3 aromatic carbocycles. The number of benzene rings is 3. The van der Waals surface area contributed by atoms with Gasteiger partial charge >= 0.3 is 0 Å². The average Bonchev–Trinajstić information content (AvgIpc) is 2.98. The van der Waals surface area contributed by atoms with Gasteiger partial charge in [-0.1, -0.05) is 36.4 Å². The van der Waals surface area contributed by atoms with E-state index in [1.54, 1.807) is 42.6 Å². The molecule has 5 nitrogen and oxygen atoms in total. The maximum atomic E-state index is 12.7. The van der Waals surface area contributed by atoms with Gasteiger partial charge in [0.25, 0.3) is 11.8 Å². The number of hydrogen-bond donors (Lipinski definition) is 0. The molecule has 2 amide bonds. The van der Waals surface area contributed by atoms with Gasteiger partial charge in [0, 0.05) is 5.56 Å². The third-order valence-electron chi connectivity index (χ3n) is 4.64. The van der Waals surface area contributed by atoms with Crippen LogP contribution in [0.1, 0.15) is 20.7 Å². The molecular weight excluding hydrogens is 338 g/mol. The van der Waals surface area contributed by atoms with Gasteiger partial charge < -0.3 is 0 Å². The van der Waals surface area contributed by atoms with Crippen LogP contribution >= 0.6 is 0 Å². The zero-order valence-corrected chi connectivity index (χ0v) is 14.2. The van der Waals surface area contributed by atoms with E-state index in [0.717, 1.165) is 16.6 Å². The van der Waals surface area contributed by atoms with Gasteiger partial charge in [0.2, 0.25) is 0 Å². The number of anilines is 1. The zero-order valence-electron chi connectivity index (χ0n) is 14.2. The SMILES string of the molecule is O=C1c2ccccc2C(=O)N1c1cccc(-c2cnc3ccccc3n2)c1. The molecule has 0 radical (unpaired) electrons. The number of fused-ring (bicyclic) bond motifs is 2. The van der Waals surface area contributed by atoms with E-state index < -0.39 is 0 Å². The van der Waals surface area contributed by atoms with Gasteiger partial charge in [-0.25, -0.2) is 9.88 Å². The van der Waals surface area contributed by atoms with Crippen molar-refractivity contribution in [3.05, 3.63) is 90.1 Å². The van der Waals surface area contributed by atoms with Crippen LogP contribution in [-0.2, 0) is 0 Å². The molecule has 1 aromatic heterocycles. The van der Waals surface area contributed by atoms with Crippen molar-refractivity contribution in [1.82, 2.24) is 9.97 Å². The Labute approximate surface area is 154 Å². The van der Waals surface area contributed by atoms with Crippen molar-refractivity contribution in [1.29, 1.82) is 0 Å². The lowest BCUT2D eigenvalue weighted by atomic mass is 10.1. The molecule has 128 valence electrons. The molecule has 0 atom stereocenters. The Morgan fingerprint density at radius 1 is 0.704 bits per heavy atom. The highest BCUT2D eigenvalue weighted by molar-refractivity contribution is 6.34. The standard InChI is InChI=1S/C22H13N3O2/c26-21-16-8-1-2-9-17(16)22(27)25(21)15-7-5-6-14(12-15)20-13-23-18-10-3-4-11-19(18)24-20/h1-13H. The summed E-state index contributed by atoms with van der Waals surface area (Å²) in [5.41, 5.74) is 4.47. The molecule has 5 rings (SSSR count). The summed E-state index contributed by atoms with van der Waals surface area (Å²) in [6.45, 7) is 0. The highest BCUT2D eigenvalue weighted by Gasteiger charge is 2.36. The monoisotopic (exact) mass is 351 g/mol. The van der Waals surface area contributed by atoms with Crippen molar-refractivity contribution < 1.29 is 9.59 Å². The Balaban J connectivity index is 1.58. The first-order valence-electron chi connectivity index (χ1n) is 8.52. The fourth-order valence-corrected chi connectivity index (χ4v) is 3.32. The normalized spacial score (nSPS) is 13.3. The smallest absolute Gasteiger partial charge is 0.266 e. The number of carbonyl (C=O) groups is 2. The van der Waals surface area contributed by atoms with Gasteiger partial charge in [0.05, 0.1) is 39.7 Å². The van der Waals surface area contributed by atoms with Crippen LogP contribution < -0.4 is 4.90 Å². The Bertz CT molecular complexity index is 1200. The minimum atomic E-state index is -0.308. The summed E-state index contributed by atoms with van der Waals surface area (Å²) in [6.07, 6.45) is 1.70. The molecule has 0 spiro atoms. The number of para-hydroxylation sites is 2. The van der Waals surface area contributed by atoms with Gasteiger partial charge in [0.15, 0.2) is 0 Å². The van der Waals surface area contributed by atoms with Crippen LogP contribution in [0.3, 0.4) is 0 Å². The van der Waals surface area contributed by atoms with E-state index in [9.17, 15) is 9.59 Å². The third kappa shape index (κ3) is 2.40. The van der Waals surface area contributed by atoms with Crippen LogP contribution in [0.5, 0.6) is 0 Å².